The van der Waals surface area contributed by atoms with Crippen LogP contribution in [0.15, 0.2) is 0 Å². The largest absolute Gasteiger partial charge is 0.481 e. The lowest BCUT2D eigenvalue weighted by Crippen LogP contribution is -2.43. The summed E-state index contributed by atoms with van der Waals surface area (Å²) in [5.74, 6) is -4.97. The first-order valence-electron chi connectivity index (χ1n) is 4.44. The first-order chi connectivity index (χ1) is 7.25. The van der Waals surface area contributed by atoms with E-state index in [0.29, 0.717) is 0 Å². The molecule has 0 radical (unpaired) electrons. The summed E-state index contributed by atoms with van der Waals surface area (Å²) < 4.78 is 0. The normalized spacial score (nSPS) is 16.1. The molecule has 0 aliphatic rings. The second-order valence-corrected chi connectivity index (χ2v) is 3.40. The van der Waals surface area contributed by atoms with Crippen molar-refractivity contribution in [2.45, 2.75) is 24.9 Å². The number of hydrogen-bond donors (Lipinski definition) is 5. The van der Waals surface area contributed by atoms with Crippen molar-refractivity contribution in [1.82, 2.24) is 0 Å². The van der Waals surface area contributed by atoms with Crippen LogP contribution in [0.4, 0.5) is 0 Å². The molecule has 0 aliphatic heterocycles. The van der Waals surface area contributed by atoms with Gasteiger partial charge in [0.2, 0.25) is 0 Å². The predicted octanol–water partition coefficient (Wildman–Crippen LogP) is -1.71. The Morgan fingerprint density at radius 1 is 1.00 bits per heavy atom. The van der Waals surface area contributed by atoms with Crippen LogP contribution in [0, 0.1) is 5.92 Å². The molecule has 16 heavy (non-hydrogen) atoms. The van der Waals surface area contributed by atoms with Crippen LogP contribution in [0.3, 0.4) is 0 Å². The van der Waals surface area contributed by atoms with E-state index in [1.807, 2.05) is 0 Å². The lowest BCUT2D eigenvalue weighted by molar-refractivity contribution is -0.144. The summed E-state index contributed by atoms with van der Waals surface area (Å²) in [5.41, 5.74) is 10.4. The quantitative estimate of drug-likeness (QED) is 0.347. The maximum atomic E-state index is 10.6. The molecule has 0 amide bonds. The fraction of sp³-hybridized carbons (Fsp3) is 0.625. The molecule has 0 heterocycles. The summed E-state index contributed by atoms with van der Waals surface area (Å²) in [6.07, 6.45) is -0.830. The molecule has 8 nitrogen and oxygen atoms in total. The minimum atomic E-state index is -1.44. The van der Waals surface area contributed by atoms with Crippen LogP contribution in [0.5, 0.6) is 0 Å². The van der Waals surface area contributed by atoms with Gasteiger partial charge in [0, 0.05) is 0 Å². The summed E-state index contributed by atoms with van der Waals surface area (Å²) in [7, 11) is 0. The smallest absolute Gasteiger partial charge is 0.320 e. The highest BCUT2D eigenvalue weighted by molar-refractivity contribution is 5.76. The van der Waals surface area contributed by atoms with Crippen molar-refractivity contribution < 1.29 is 29.7 Å². The highest BCUT2D eigenvalue weighted by Gasteiger charge is 2.30. The zero-order valence-electron chi connectivity index (χ0n) is 8.37. The maximum Gasteiger partial charge on any atom is 0.320 e. The summed E-state index contributed by atoms with van der Waals surface area (Å²) in [5, 5.41) is 25.7. The van der Waals surface area contributed by atoms with E-state index >= 15 is 0 Å². The molecule has 0 saturated carbocycles. The first-order valence-corrected chi connectivity index (χ1v) is 4.44. The standard InChI is InChI=1S/C8H14N2O6/c9-4(7(13)14)1-3(2-5(11)12)6(10)8(15)16/h3-4,6H,1-2,9-10H2,(H,11,12)(H,13,14)(H,15,16)/t3?,4?,6-/m0/s1. The Hall–Kier alpha value is -1.67. The minimum absolute atomic E-state index is 0.297. The number of hydrogen-bond acceptors (Lipinski definition) is 5. The second-order valence-electron chi connectivity index (χ2n) is 3.40. The Balaban J connectivity index is 4.60. The van der Waals surface area contributed by atoms with Crippen molar-refractivity contribution in [1.29, 1.82) is 0 Å². The van der Waals surface area contributed by atoms with Gasteiger partial charge < -0.3 is 26.8 Å². The number of rotatable bonds is 7. The summed E-state index contributed by atoms with van der Waals surface area (Å²) in [6, 6.07) is -2.77. The Morgan fingerprint density at radius 3 is 1.81 bits per heavy atom. The number of nitrogens with two attached hydrogens (primary N) is 2. The van der Waals surface area contributed by atoms with E-state index in [-0.39, 0.29) is 6.42 Å². The van der Waals surface area contributed by atoms with E-state index in [9.17, 15) is 14.4 Å². The Morgan fingerprint density at radius 2 is 1.50 bits per heavy atom. The fourth-order valence-corrected chi connectivity index (χ4v) is 1.21. The molecule has 8 heteroatoms. The molecule has 0 saturated heterocycles. The molecule has 0 aromatic rings. The number of aliphatic carboxylic acids is 3. The highest BCUT2D eigenvalue weighted by atomic mass is 16.4. The van der Waals surface area contributed by atoms with Gasteiger partial charge in [0.1, 0.15) is 12.1 Å². The third-order valence-corrected chi connectivity index (χ3v) is 2.10. The van der Waals surface area contributed by atoms with Crippen molar-refractivity contribution in [2.75, 3.05) is 0 Å². The monoisotopic (exact) mass is 234 g/mol. The maximum absolute atomic E-state index is 10.6. The molecule has 7 N–H and O–H groups in total. The van der Waals surface area contributed by atoms with Gasteiger partial charge in [-0.15, -0.1) is 0 Å². The van der Waals surface area contributed by atoms with Gasteiger partial charge in [0.05, 0.1) is 6.42 Å². The Kier molecular flexibility index (Phi) is 5.40. The van der Waals surface area contributed by atoms with Gasteiger partial charge in [-0.25, -0.2) is 0 Å². The van der Waals surface area contributed by atoms with E-state index in [4.69, 9.17) is 26.8 Å². The topological polar surface area (TPSA) is 164 Å². The lowest BCUT2D eigenvalue weighted by Gasteiger charge is -2.20. The molecule has 0 bridgehead atoms. The van der Waals surface area contributed by atoms with Gasteiger partial charge in [-0.05, 0) is 12.3 Å². The summed E-state index contributed by atoms with van der Waals surface area (Å²) in [4.78, 5) is 31.5. The molecule has 0 aliphatic carbocycles. The molecule has 92 valence electrons. The number of carboxylic acid groups (broad SMARTS) is 3. The van der Waals surface area contributed by atoms with Gasteiger partial charge in [-0.1, -0.05) is 0 Å². The van der Waals surface area contributed by atoms with Crippen molar-refractivity contribution in [3.63, 3.8) is 0 Å². The Labute approximate surface area is 90.8 Å². The van der Waals surface area contributed by atoms with Crippen LogP contribution in [0.25, 0.3) is 0 Å². The molecular formula is C8H14N2O6. The first kappa shape index (κ1) is 14.3. The van der Waals surface area contributed by atoms with Gasteiger partial charge in [-0.3, -0.25) is 14.4 Å². The van der Waals surface area contributed by atoms with Gasteiger partial charge in [0.25, 0.3) is 0 Å². The molecule has 0 aromatic carbocycles. The van der Waals surface area contributed by atoms with Crippen molar-refractivity contribution in [3.8, 4) is 0 Å². The van der Waals surface area contributed by atoms with E-state index in [0.717, 1.165) is 0 Å². The summed E-state index contributed by atoms with van der Waals surface area (Å²) >= 11 is 0. The van der Waals surface area contributed by atoms with Crippen LogP contribution >= 0.6 is 0 Å². The fourth-order valence-electron chi connectivity index (χ4n) is 1.21. The molecule has 3 atom stereocenters. The average Bonchev–Trinajstić information content (AvgIpc) is 2.14. The van der Waals surface area contributed by atoms with Crippen LogP contribution in [0.2, 0.25) is 0 Å². The highest BCUT2D eigenvalue weighted by Crippen LogP contribution is 2.15. The SMILES string of the molecule is NC(CC(CC(=O)O)[C@H](N)C(=O)O)C(=O)O. The van der Waals surface area contributed by atoms with E-state index < -0.39 is 42.3 Å². The minimum Gasteiger partial charge on any atom is -0.481 e. The number of carboxylic acids is 3. The molecule has 0 aromatic heterocycles. The molecule has 0 fully saturated rings. The van der Waals surface area contributed by atoms with Crippen LogP contribution in [0.1, 0.15) is 12.8 Å². The zero-order chi connectivity index (χ0) is 12.9. The Bertz CT molecular complexity index is 292. The molecule has 2 unspecified atom stereocenters. The van der Waals surface area contributed by atoms with Crippen molar-refractivity contribution in [2.24, 2.45) is 17.4 Å². The van der Waals surface area contributed by atoms with E-state index in [1.54, 1.807) is 0 Å². The molecule has 0 rings (SSSR count). The number of carbonyl (C=O) groups is 3. The van der Waals surface area contributed by atoms with Gasteiger partial charge >= 0.3 is 17.9 Å². The van der Waals surface area contributed by atoms with Crippen molar-refractivity contribution in [3.05, 3.63) is 0 Å². The molecule has 0 spiro atoms. The van der Waals surface area contributed by atoms with E-state index in [2.05, 4.69) is 0 Å². The van der Waals surface area contributed by atoms with Gasteiger partial charge in [0.15, 0.2) is 0 Å². The van der Waals surface area contributed by atoms with Crippen LogP contribution in [-0.2, 0) is 14.4 Å². The average molecular weight is 234 g/mol. The van der Waals surface area contributed by atoms with Crippen LogP contribution in [-0.4, -0.2) is 45.3 Å². The van der Waals surface area contributed by atoms with E-state index in [1.165, 1.54) is 0 Å². The lowest BCUT2D eigenvalue weighted by atomic mass is 9.90. The third-order valence-electron chi connectivity index (χ3n) is 2.10. The second kappa shape index (κ2) is 6.03. The zero-order valence-corrected chi connectivity index (χ0v) is 8.37. The predicted molar refractivity (Wildman–Crippen MR) is 51.6 cm³/mol. The van der Waals surface area contributed by atoms with Crippen LogP contribution < -0.4 is 11.5 Å². The summed E-state index contributed by atoms with van der Waals surface area (Å²) in [6.45, 7) is 0. The third kappa shape index (κ3) is 4.71. The molecular weight excluding hydrogens is 220 g/mol. The van der Waals surface area contributed by atoms with Gasteiger partial charge in [-0.2, -0.15) is 0 Å². The van der Waals surface area contributed by atoms with Crippen molar-refractivity contribution >= 4 is 17.9 Å².